The molecule has 0 rings (SSSR count). The van der Waals surface area contributed by atoms with Gasteiger partial charge in [0.1, 0.15) is 0 Å². The number of carbonyl (C=O) groups excluding carboxylic acids is 1. The SMILES string of the molecule is C=C(C)C(=O)OCC(F)(F)C(F)(F)CC. The lowest BCUT2D eigenvalue weighted by Gasteiger charge is -2.24. The van der Waals surface area contributed by atoms with Crippen molar-refractivity contribution in [2.45, 2.75) is 32.1 Å². The number of ether oxygens (including phenoxy) is 1. The van der Waals surface area contributed by atoms with E-state index in [4.69, 9.17) is 0 Å². The van der Waals surface area contributed by atoms with Crippen molar-refractivity contribution < 1.29 is 27.1 Å². The molecule has 2 nitrogen and oxygen atoms in total. The zero-order chi connectivity index (χ0) is 12.3. The normalized spacial score (nSPS) is 12.4. The summed E-state index contributed by atoms with van der Waals surface area (Å²) in [6.07, 6.45) is -1.02. The summed E-state index contributed by atoms with van der Waals surface area (Å²) < 4.78 is 54.8. The Morgan fingerprint density at radius 1 is 1.27 bits per heavy atom. The van der Waals surface area contributed by atoms with Crippen molar-refractivity contribution in [1.29, 1.82) is 0 Å². The van der Waals surface area contributed by atoms with Gasteiger partial charge in [-0.15, -0.1) is 0 Å². The molecule has 0 spiro atoms. The van der Waals surface area contributed by atoms with Crippen molar-refractivity contribution in [3.63, 3.8) is 0 Å². The zero-order valence-electron chi connectivity index (χ0n) is 8.45. The lowest BCUT2D eigenvalue weighted by molar-refractivity contribution is -0.231. The van der Waals surface area contributed by atoms with Crippen LogP contribution in [0.4, 0.5) is 17.6 Å². The van der Waals surface area contributed by atoms with E-state index in [0.717, 1.165) is 6.92 Å². The Morgan fingerprint density at radius 3 is 2.07 bits per heavy atom. The molecule has 0 aliphatic carbocycles. The van der Waals surface area contributed by atoms with Crippen LogP contribution in [0.1, 0.15) is 20.3 Å². The summed E-state index contributed by atoms with van der Waals surface area (Å²) in [5.41, 5.74) is -0.120. The van der Waals surface area contributed by atoms with Crippen molar-refractivity contribution in [1.82, 2.24) is 0 Å². The van der Waals surface area contributed by atoms with Crippen LogP contribution in [0.2, 0.25) is 0 Å². The van der Waals surface area contributed by atoms with Crippen molar-refractivity contribution in [2.24, 2.45) is 0 Å². The second-order valence-electron chi connectivity index (χ2n) is 3.12. The molecule has 0 amide bonds. The van der Waals surface area contributed by atoms with Gasteiger partial charge in [0.2, 0.25) is 0 Å². The van der Waals surface area contributed by atoms with Gasteiger partial charge in [0.05, 0.1) is 0 Å². The number of esters is 1. The number of carbonyl (C=O) groups is 1. The molecular formula is C9H12F4O2. The quantitative estimate of drug-likeness (QED) is 0.411. The third kappa shape index (κ3) is 3.53. The summed E-state index contributed by atoms with van der Waals surface area (Å²) >= 11 is 0. The molecule has 6 heteroatoms. The molecule has 0 saturated heterocycles. The van der Waals surface area contributed by atoms with Crippen LogP contribution >= 0.6 is 0 Å². The van der Waals surface area contributed by atoms with Crippen molar-refractivity contribution in [2.75, 3.05) is 6.61 Å². The molecule has 0 aromatic carbocycles. The molecule has 88 valence electrons. The van der Waals surface area contributed by atoms with Gasteiger partial charge in [-0.2, -0.15) is 17.6 Å². The molecule has 0 unspecified atom stereocenters. The van der Waals surface area contributed by atoms with Crippen LogP contribution in [0.25, 0.3) is 0 Å². The maximum Gasteiger partial charge on any atom is 0.343 e. The largest absolute Gasteiger partial charge is 0.456 e. The number of halogens is 4. The molecule has 0 heterocycles. The summed E-state index contributed by atoms with van der Waals surface area (Å²) in [4.78, 5) is 10.7. The molecule has 0 fully saturated rings. The highest BCUT2D eigenvalue weighted by molar-refractivity contribution is 5.86. The number of alkyl halides is 4. The summed E-state index contributed by atoms with van der Waals surface area (Å²) in [6.45, 7) is 3.65. The van der Waals surface area contributed by atoms with Crippen LogP contribution in [0.3, 0.4) is 0 Å². The van der Waals surface area contributed by atoms with E-state index in [1.165, 1.54) is 6.92 Å². The molecule has 0 aliphatic rings. The Hall–Kier alpha value is -1.07. The van der Waals surface area contributed by atoms with E-state index < -0.39 is 30.8 Å². The minimum atomic E-state index is -4.35. The molecule has 0 bridgehead atoms. The molecule has 0 atom stereocenters. The highest BCUT2D eigenvalue weighted by Gasteiger charge is 2.55. The van der Waals surface area contributed by atoms with Gasteiger partial charge in [0, 0.05) is 12.0 Å². The molecule has 15 heavy (non-hydrogen) atoms. The minimum Gasteiger partial charge on any atom is -0.456 e. The highest BCUT2D eigenvalue weighted by atomic mass is 19.3. The Morgan fingerprint density at radius 2 is 1.73 bits per heavy atom. The third-order valence-electron chi connectivity index (χ3n) is 1.71. The van der Waals surface area contributed by atoms with E-state index in [9.17, 15) is 22.4 Å². The van der Waals surface area contributed by atoms with Crippen LogP contribution < -0.4 is 0 Å². The first-order valence-electron chi connectivity index (χ1n) is 4.22. The Balaban J connectivity index is 4.40. The molecular weight excluding hydrogens is 216 g/mol. The molecule has 0 aromatic rings. The van der Waals surface area contributed by atoms with Gasteiger partial charge < -0.3 is 4.74 Å². The van der Waals surface area contributed by atoms with Crippen molar-refractivity contribution in [3.05, 3.63) is 12.2 Å². The van der Waals surface area contributed by atoms with E-state index in [0.29, 0.717) is 0 Å². The second-order valence-corrected chi connectivity index (χ2v) is 3.12. The summed E-state index contributed by atoms with van der Waals surface area (Å²) in [5.74, 6) is -9.64. The topological polar surface area (TPSA) is 26.3 Å². The van der Waals surface area contributed by atoms with Crippen LogP contribution in [0, 0.1) is 0 Å². The van der Waals surface area contributed by atoms with E-state index in [1.807, 2.05) is 0 Å². The predicted molar refractivity (Wildman–Crippen MR) is 46.0 cm³/mol. The first kappa shape index (κ1) is 13.9. The molecule has 0 aromatic heterocycles. The average Bonchev–Trinajstić information content (AvgIpc) is 2.13. The summed E-state index contributed by atoms with van der Waals surface area (Å²) in [5, 5.41) is 0. The maximum absolute atomic E-state index is 12.8. The maximum atomic E-state index is 12.8. The first-order valence-corrected chi connectivity index (χ1v) is 4.22. The van der Waals surface area contributed by atoms with Crippen LogP contribution in [-0.4, -0.2) is 24.4 Å². The van der Waals surface area contributed by atoms with Gasteiger partial charge in [-0.25, -0.2) is 4.79 Å². The fourth-order valence-corrected chi connectivity index (χ4v) is 0.644. The van der Waals surface area contributed by atoms with E-state index in [-0.39, 0.29) is 5.57 Å². The molecule has 0 N–H and O–H groups in total. The lowest BCUT2D eigenvalue weighted by atomic mass is 10.1. The van der Waals surface area contributed by atoms with Gasteiger partial charge in [-0.1, -0.05) is 13.5 Å². The third-order valence-corrected chi connectivity index (χ3v) is 1.71. The zero-order valence-corrected chi connectivity index (χ0v) is 8.45. The van der Waals surface area contributed by atoms with Gasteiger partial charge in [-0.3, -0.25) is 0 Å². The molecule has 0 radical (unpaired) electrons. The van der Waals surface area contributed by atoms with Gasteiger partial charge in [0.15, 0.2) is 6.61 Å². The summed E-state index contributed by atoms with van der Waals surface area (Å²) in [6, 6.07) is 0. The van der Waals surface area contributed by atoms with Gasteiger partial charge >= 0.3 is 17.8 Å². The minimum absolute atomic E-state index is 0.120. The van der Waals surface area contributed by atoms with Crippen LogP contribution in [0.15, 0.2) is 12.2 Å². The second kappa shape index (κ2) is 4.63. The number of rotatable bonds is 5. The Labute approximate surface area is 84.9 Å². The van der Waals surface area contributed by atoms with Crippen molar-refractivity contribution in [3.8, 4) is 0 Å². The number of hydrogen-bond donors (Lipinski definition) is 0. The first-order chi connectivity index (χ1) is 6.64. The Bertz CT molecular complexity index is 261. The fraction of sp³-hybridized carbons (Fsp3) is 0.667. The molecule has 0 aliphatic heterocycles. The standard InChI is InChI=1S/C9H12F4O2/c1-4-8(10,11)9(12,13)5-15-7(14)6(2)3/h2,4-5H2,1,3H3. The predicted octanol–water partition coefficient (Wildman–Crippen LogP) is 2.79. The van der Waals surface area contributed by atoms with Gasteiger partial charge in [0.25, 0.3) is 0 Å². The van der Waals surface area contributed by atoms with E-state index in [2.05, 4.69) is 11.3 Å². The Kier molecular flexibility index (Phi) is 4.30. The number of hydrogen-bond acceptors (Lipinski definition) is 2. The van der Waals surface area contributed by atoms with E-state index in [1.54, 1.807) is 0 Å². The van der Waals surface area contributed by atoms with Crippen LogP contribution in [0.5, 0.6) is 0 Å². The highest BCUT2D eigenvalue weighted by Crippen LogP contribution is 2.36. The molecule has 0 saturated carbocycles. The lowest BCUT2D eigenvalue weighted by Crippen LogP contribution is -2.44. The van der Waals surface area contributed by atoms with Crippen molar-refractivity contribution >= 4 is 5.97 Å². The fourth-order valence-electron chi connectivity index (χ4n) is 0.644. The van der Waals surface area contributed by atoms with Gasteiger partial charge in [-0.05, 0) is 6.92 Å². The summed E-state index contributed by atoms with van der Waals surface area (Å²) in [7, 11) is 0. The smallest absolute Gasteiger partial charge is 0.343 e. The monoisotopic (exact) mass is 228 g/mol. The van der Waals surface area contributed by atoms with Crippen LogP contribution in [-0.2, 0) is 9.53 Å². The average molecular weight is 228 g/mol. The van der Waals surface area contributed by atoms with E-state index >= 15 is 0 Å².